The average Bonchev–Trinajstić information content (AvgIpc) is 3.28. The van der Waals surface area contributed by atoms with E-state index in [-0.39, 0.29) is 37.0 Å². The van der Waals surface area contributed by atoms with Gasteiger partial charge < -0.3 is 25.2 Å². The molecule has 0 aliphatic heterocycles. The molecule has 0 unspecified atom stereocenters. The molecule has 0 saturated heterocycles. The fourth-order valence-corrected chi connectivity index (χ4v) is 5.39. The van der Waals surface area contributed by atoms with Gasteiger partial charge in [0.05, 0.1) is 29.9 Å². The topological polar surface area (TPSA) is 112 Å². The third-order valence-electron chi connectivity index (χ3n) is 7.15. The summed E-state index contributed by atoms with van der Waals surface area (Å²) < 4.78 is 16.0. The van der Waals surface area contributed by atoms with Crippen LogP contribution in [0, 0.1) is 5.82 Å². The van der Waals surface area contributed by atoms with E-state index in [0.717, 1.165) is 35.5 Å². The maximum Gasteiger partial charge on any atom is 0.305 e. The number of rotatable bonds is 12. The molecule has 2 aromatic carbocycles. The number of carbonyl (C=O) groups excluding carboxylic acids is 1. The van der Waals surface area contributed by atoms with Crippen LogP contribution in [0.1, 0.15) is 67.9 Å². The van der Waals surface area contributed by atoms with Gasteiger partial charge in [0.1, 0.15) is 5.82 Å². The predicted octanol–water partition coefficient (Wildman–Crippen LogP) is 6.03. The molecule has 1 amide bonds. The number of nitrogens with zero attached hydrogens (tertiary/aromatic N) is 1. The molecule has 1 aliphatic carbocycles. The molecule has 0 bridgehead atoms. The minimum atomic E-state index is -1.17. The Labute approximate surface area is 239 Å². The second-order valence-electron chi connectivity index (χ2n) is 10.7. The van der Waals surface area contributed by atoms with Crippen LogP contribution in [-0.2, 0) is 11.3 Å². The first-order chi connectivity index (χ1) is 19.7. The molecule has 8 heteroatoms. The summed E-state index contributed by atoms with van der Waals surface area (Å²) >= 11 is 0. The van der Waals surface area contributed by atoms with Crippen LogP contribution in [0.15, 0.2) is 78.5 Å². The second-order valence-corrected chi connectivity index (χ2v) is 10.7. The van der Waals surface area contributed by atoms with Gasteiger partial charge in [-0.3, -0.25) is 9.59 Å². The van der Waals surface area contributed by atoms with Crippen LogP contribution < -0.4 is 5.32 Å². The van der Waals surface area contributed by atoms with Crippen LogP contribution in [-0.4, -0.2) is 44.0 Å². The highest BCUT2D eigenvalue weighted by atomic mass is 19.1. The lowest BCUT2D eigenvalue weighted by Gasteiger charge is -2.20. The summed E-state index contributed by atoms with van der Waals surface area (Å²) in [5.41, 5.74) is 4.96. The van der Waals surface area contributed by atoms with Gasteiger partial charge in [0.2, 0.25) is 0 Å². The molecular formula is C33H37FN2O5. The molecule has 4 rings (SSSR count). The number of carboxylic acid groups (broad SMARTS) is 1. The SMILES string of the molecule is CC(C)c1c(C(=O)NC2=CCCC=C2)c(-c2ccccc2)c(-c2ccc(F)cc2)n1CC[C@@H](O)C[C@@H](O)CC(=O)O. The number of nitrogens with one attached hydrogen (secondary N) is 1. The van der Waals surface area contributed by atoms with E-state index >= 15 is 0 Å². The maximum atomic E-state index is 14.1. The molecule has 1 aromatic heterocycles. The van der Waals surface area contributed by atoms with Crippen molar-refractivity contribution < 1.29 is 29.3 Å². The molecule has 0 radical (unpaired) electrons. The Bertz CT molecular complexity index is 1420. The number of amides is 1. The largest absolute Gasteiger partial charge is 0.481 e. The summed E-state index contributed by atoms with van der Waals surface area (Å²) in [7, 11) is 0. The summed E-state index contributed by atoms with van der Waals surface area (Å²) in [6, 6.07) is 15.7. The lowest BCUT2D eigenvalue weighted by atomic mass is 9.94. The highest BCUT2D eigenvalue weighted by molar-refractivity contribution is 6.07. The zero-order valence-corrected chi connectivity index (χ0v) is 23.4. The number of aromatic nitrogens is 1. The molecule has 216 valence electrons. The zero-order valence-electron chi connectivity index (χ0n) is 23.4. The van der Waals surface area contributed by atoms with Gasteiger partial charge in [0.15, 0.2) is 0 Å². The van der Waals surface area contributed by atoms with Gasteiger partial charge in [-0.25, -0.2) is 4.39 Å². The first kappa shape index (κ1) is 30.0. The van der Waals surface area contributed by atoms with E-state index in [4.69, 9.17) is 5.11 Å². The fraction of sp³-hybridized carbons (Fsp3) is 0.333. The predicted molar refractivity (Wildman–Crippen MR) is 157 cm³/mol. The Morgan fingerprint density at radius 1 is 0.976 bits per heavy atom. The van der Waals surface area contributed by atoms with E-state index < -0.39 is 24.6 Å². The zero-order chi connectivity index (χ0) is 29.5. The van der Waals surface area contributed by atoms with Crippen LogP contribution >= 0.6 is 0 Å². The number of halogens is 1. The van der Waals surface area contributed by atoms with Gasteiger partial charge in [-0.2, -0.15) is 0 Å². The molecule has 0 spiro atoms. The van der Waals surface area contributed by atoms with Crippen molar-refractivity contribution in [3.8, 4) is 22.4 Å². The van der Waals surface area contributed by atoms with Crippen LogP contribution in [0.25, 0.3) is 22.4 Å². The Morgan fingerprint density at radius 3 is 2.29 bits per heavy atom. The van der Waals surface area contributed by atoms with Crippen LogP contribution in [0.2, 0.25) is 0 Å². The number of aliphatic carboxylic acids is 1. The van der Waals surface area contributed by atoms with Gasteiger partial charge in [-0.05, 0) is 73.1 Å². The molecule has 0 fully saturated rings. The third kappa shape index (κ3) is 7.39. The monoisotopic (exact) mass is 560 g/mol. The van der Waals surface area contributed by atoms with E-state index in [9.17, 15) is 24.2 Å². The number of hydrogen-bond donors (Lipinski definition) is 4. The molecule has 7 nitrogen and oxygen atoms in total. The molecule has 4 N–H and O–H groups in total. The van der Waals surface area contributed by atoms with Gasteiger partial charge in [0, 0.05) is 23.5 Å². The highest BCUT2D eigenvalue weighted by Gasteiger charge is 2.31. The Balaban J connectivity index is 1.88. The third-order valence-corrected chi connectivity index (χ3v) is 7.15. The smallest absolute Gasteiger partial charge is 0.305 e. The summed E-state index contributed by atoms with van der Waals surface area (Å²) in [5, 5.41) is 32.8. The van der Waals surface area contributed by atoms with E-state index in [1.807, 2.05) is 67.0 Å². The molecule has 2 atom stereocenters. The lowest BCUT2D eigenvalue weighted by Crippen LogP contribution is -2.25. The maximum absolute atomic E-state index is 14.1. The van der Waals surface area contributed by atoms with E-state index in [1.54, 1.807) is 12.1 Å². The summed E-state index contributed by atoms with van der Waals surface area (Å²) in [4.78, 5) is 25.1. The quantitative estimate of drug-likeness (QED) is 0.216. The molecule has 3 aromatic rings. The Hall–Kier alpha value is -4.01. The highest BCUT2D eigenvalue weighted by Crippen LogP contribution is 2.42. The Kier molecular flexibility index (Phi) is 9.91. The van der Waals surface area contributed by atoms with Crippen molar-refractivity contribution in [2.24, 2.45) is 0 Å². The number of carboxylic acids is 1. The molecular weight excluding hydrogens is 523 g/mol. The van der Waals surface area contributed by atoms with Crippen molar-refractivity contribution in [2.45, 2.75) is 70.6 Å². The van der Waals surface area contributed by atoms with Gasteiger partial charge in [-0.15, -0.1) is 0 Å². The molecule has 41 heavy (non-hydrogen) atoms. The molecule has 0 saturated carbocycles. The van der Waals surface area contributed by atoms with Gasteiger partial charge >= 0.3 is 5.97 Å². The number of benzene rings is 2. The van der Waals surface area contributed by atoms with E-state index in [1.165, 1.54) is 12.1 Å². The number of allylic oxidation sites excluding steroid dienone is 3. The first-order valence-corrected chi connectivity index (χ1v) is 14.0. The van der Waals surface area contributed by atoms with Crippen molar-refractivity contribution in [2.75, 3.05) is 0 Å². The lowest BCUT2D eigenvalue weighted by molar-refractivity contribution is -0.139. The number of hydrogen-bond acceptors (Lipinski definition) is 4. The van der Waals surface area contributed by atoms with Crippen LogP contribution in [0.3, 0.4) is 0 Å². The molecule has 1 aliphatic rings. The minimum absolute atomic E-state index is 0.0875. The molecule has 1 heterocycles. The number of carbonyl (C=O) groups is 2. The van der Waals surface area contributed by atoms with Crippen LogP contribution in [0.4, 0.5) is 4.39 Å². The summed E-state index contributed by atoms with van der Waals surface area (Å²) in [6.45, 7) is 4.29. The van der Waals surface area contributed by atoms with Gasteiger partial charge in [-0.1, -0.05) is 56.3 Å². The summed E-state index contributed by atoms with van der Waals surface area (Å²) in [5.74, 6) is -1.88. The normalized spacial score (nSPS) is 14.5. The van der Waals surface area contributed by atoms with E-state index in [0.29, 0.717) is 16.7 Å². The fourth-order valence-electron chi connectivity index (χ4n) is 5.39. The number of aliphatic hydroxyl groups is 2. The first-order valence-electron chi connectivity index (χ1n) is 14.0. The standard InChI is InChI=1S/C33H37FN2O5/c1-21(2)31-30(33(41)35-25-11-7-4-8-12-25)29(22-9-5-3-6-10-22)32(23-13-15-24(34)16-14-23)36(31)18-17-26(37)19-27(38)20-28(39)40/h3,5-7,9-16,21,26-27,37-38H,4,8,17-20H2,1-2H3,(H,35,41)(H,39,40)/t26-,27-/m1/s1. The average molecular weight is 561 g/mol. The van der Waals surface area contributed by atoms with Crippen LogP contribution in [0.5, 0.6) is 0 Å². The minimum Gasteiger partial charge on any atom is -0.481 e. The Morgan fingerprint density at radius 2 is 1.68 bits per heavy atom. The van der Waals surface area contributed by atoms with Crippen molar-refractivity contribution >= 4 is 11.9 Å². The van der Waals surface area contributed by atoms with Gasteiger partial charge in [0.25, 0.3) is 5.91 Å². The number of aliphatic hydroxyl groups excluding tert-OH is 2. The summed E-state index contributed by atoms with van der Waals surface area (Å²) in [6.07, 6.45) is 5.19. The van der Waals surface area contributed by atoms with Crippen molar-refractivity contribution in [1.82, 2.24) is 9.88 Å². The van der Waals surface area contributed by atoms with Crippen molar-refractivity contribution in [3.05, 3.63) is 95.6 Å². The van der Waals surface area contributed by atoms with Crippen molar-refractivity contribution in [1.29, 1.82) is 0 Å². The van der Waals surface area contributed by atoms with E-state index in [2.05, 4.69) is 5.32 Å². The second kappa shape index (κ2) is 13.6. The van der Waals surface area contributed by atoms with Crippen molar-refractivity contribution in [3.63, 3.8) is 0 Å².